The highest BCUT2D eigenvalue weighted by atomic mass is 16.1. The van der Waals surface area contributed by atoms with Crippen LogP contribution >= 0.6 is 0 Å². The van der Waals surface area contributed by atoms with Crippen molar-refractivity contribution in [3.63, 3.8) is 0 Å². The number of carbonyl (C=O) groups is 1. The predicted molar refractivity (Wildman–Crippen MR) is 126 cm³/mol. The van der Waals surface area contributed by atoms with E-state index in [1.807, 2.05) is 57.2 Å². The minimum atomic E-state index is -0.349. The van der Waals surface area contributed by atoms with Crippen LogP contribution in [0.25, 0.3) is 11.3 Å². The predicted octanol–water partition coefficient (Wildman–Crippen LogP) is 4.75. The van der Waals surface area contributed by atoms with E-state index in [0.717, 1.165) is 22.3 Å². The first kappa shape index (κ1) is 21.0. The molecule has 2 aromatic heterocycles. The molecule has 160 valence electrons. The molecule has 0 spiro atoms. The molecule has 0 saturated heterocycles. The summed E-state index contributed by atoms with van der Waals surface area (Å²) in [6.07, 6.45) is 1.73. The van der Waals surface area contributed by atoms with E-state index in [1.54, 1.807) is 30.5 Å². The van der Waals surface area contributed by atoms with E-state index in [4.69, 9.17) is 0 Å². The highest BCUT2D eigenvalue weighted by Crippen LogP contribution is 2.28. The molecule has 3 N–H and O–H groups in total. The fraction of sp³-hybridized carbons (Fsp3) is 0.120. The van der Waals surface area contributed by atoms with Crippen LogP contribution in [0.4, 0.5) is 17.2 Å². The second-order valence-corrected chi connectivity index (χ2v) is 7.64. The molecule has 4 rings (SSSR count). The minimum absolute atomic E-state index is 0.188. The lowest BCUT2D eigenvalue weighted by Gasteiger charge is -2.13. The number of nitrogens with zero attached hydrogens (tertiary/aromatic N) is 2. The number of benzene rings is 2. The van der Waals surface area contributed by atoms with E-state index >= 15 is 0 Å². The van der Waals surface area contributed by atoms with Gasteiger partial charge in [-0.1, -0.05) is 35.9 Å². The Hall–Kier alpha value is -4.26. The maximum atomic E-state index is 12.7. The summed E-state index contributed by atoms with van der Waals surface area (Å²) in [5.41, 5.74) is 5.57. The standard InChI is InChI=1S/C25H23N5O2/c1-15-7-10-18(11-8-15)24(31)28-20-6-4-5-19(17(20)3)21-13-22(25(32)30-29-21)27-23-12-9-16(2)14-26-23/h4-14H,1-3H3,(H,28,31)(H,30,32)(H,26,27,29). The van der Waals surface area contributed by atoms with Gasteiger partial charge in [0.15, 0.2) is 0 Å². The van der Waals surface area contributed by atoms with Gasteiger partial charge in [0.05, 0.1) is 5.69 Å². The number of nitrogens with one attached hydrogen (secondary N) is 3. The summed E-state index contributed by atoms with van der Waals surface area (Å²) >= 11 is 0. The molecule has 2 aromatic carbocycles. The van der Waals surface area contributed by atoms with Crippen molar-refractivity contribution in [3.05, 3.63) is 99.5 Å². The molecule has 2 heterocycles. The van der Waals surface area contributed by atoms with Crippen molar-refractivity contribution >= 4 is 23.1 Å². The third-order valence-electron chi connectivity index (χ3n) is 5.15. The minimum Gasteiger partial charge on any atom is -0.336 e. The summed E-state index contributed by atoms with van der Waals surface area (Å²) in [5.74, 6) is 0.376. The number of carbonyl (C=O) groups excluding carboxylic acids is 1. The van der Waals surface area contributed by atoms with E-state index in [1.165, 1.54) is 0 Å². The molecule has 0 aliphatic rings. The summed E-state index contributed by atoms with van der Waals surface area (Å²) in [6.45, 7) is 5.83. The second kappa shape index (κ2) is 8.85. The van der Waals surface area contributed by atoms with Gasteiger partial charge in [-0.3, -0.25) is 9.59 Å². The molecule has 0 saturated carbocycles. The molecule has 0 aliphatic carbocycles. The molecule has 7 nitrogen and oxygen atoms in total. The van der Waals surface area contributed by atoms with Crippen molar-refractivity contribution < 1.29 is 4.79 Å². The second-order valence-electron chi connectivity index (χ2n) is 7.64. The van der Waals surface area contributed by atoms with Crippen molar-refractivity contribution in [3.8, 4) is 11.3 Å². The number of aromatic nitrogens is 3. The average molecular weight is 425 g/mol. The number of aromatic amines is 1. The first-order valence-corrected chi connectivity index (χ1v) is 10.2. The van der Waals surface area contributed by atoms with Crippen LogP contribution in [0.1, 0.15) is 27.0 Å². The Morgan fingerprint density at radius 3 is 2.38 bits per heavy atom. The molecule has 0 unspecified atom stereocenters. The van der Waals surface area contributed by atoms with Crippen molar-refractivity contribution in [2.24, 2.45) is 0 Å². The van der Waals surface area contributed by atoms with Gasteiger partial charge in [-0.2, -0.15) is 5.10 Å². The molecule has 0 bridgehead atoms. The smallest absolute Gasteiger partial charge is 0.287 e. The lowest BCUT2D eigenvalue weighted by atomic mass is 10.0. The van der Waals surface area contributed by atoms with E-state index in [-0.39, 0.29) is 11.5 Å². The molecule has 0 radical (unpaired) electrons. The van der Waals surface area contributed by atoms with Crippen molar-refractivity contribution in [2.45, 2.75) is 20.8 Å². The van der Waals surface area contributed by atoms with Gasteiger partial charge in [-0.25, -0.2) is 10.1 Å². The number of hydrogen-bond acceptors (Lipinski definition) is 5. The Morgan fingerprint density at radius 1 is 0.906 bits per heavy atom. The van der Waals surface area contributed by atoms with Crippen LogP contribution in [0.5, 0.6) is 0 Å². The summed E-state index contributed by atoms with van der Waals surface area (Å²) in [4.78, 5) is 29.2. The number of anilines is 3. The van der Waals surface area contributed by atoms with Gasteiger partial charge in [-0.15, -0.1) is 0 Å². The number of H-pyrrole nitrogens is 1. The molecule has 32 heavy (non-hydrogen) atoms. The van der Waals surface area contributed by atoms with Crippen molar-refractivity contribution in [2.75, 3.05) is 10.6 Å². The summed E-state index contributed by atoms with van der Waals surface area (Å²) in [7, 11) is 0. The van der Waals surface area contributed by atoms with Gasteiger partial charge in [0.2, 0.25) is 0 Å². The zero-order valence-electron chi connectivity index (χ0n) is 18.1. The van der Waals surface area contributed by atoms with Crippen molar-refractivity contribution in [1.29, 1.82) is 0 Å². The van der Waals surface area contributed by atoms with Crippen molar-refractivity contribution in [1.82, 2.24) is 15.2 Å². The molecule has 1 amide bonds. The Bertz CT molecular complexity index is 1330. The number of pyridine rings is 1. The highest BCUT2D eigenvalue weighted by molar-refractivity contribution is 6.05. The molecular weight excluding hydrogens is 402 g/mol. The van der Waals surface area contributed by atoms with Crippen LogP contribution in [0.2, 0.25) is 0 Å². The van der Waals surface area contributed by atoms with Gasteiger partial charge in [0.25, 0.3) is 11.5 Å². The Morgan fingerprint density at radius 2 is 1.66 bits per heavy atom. The van der Waals surface area contributed by atoms with Crippen LogP contribution in [0.15, 0.2) is 71.7 Å². The molecule has 0 atom stereocenters. The maximum Gasteiger partial charge on any atom is 0.287 e. The monoisotopic (exact) mass is 425 g/mol. The van der Waals surface area contributed by atoms with Crippen LogP contribution in [0.3, 0.4) is 0 Å². The molecule has 0 aliphatic heterocycles. The van der Waals surface area contributed by atoms with E-state index in [2.05, 4.69) is 25.8 Å². The van der Waals surface area contributed by atoms with Gasteiger partial charge in [-0.05, 0) is 62.2 Å². The summed E-state index contributed by atoms with van der Waals surface area (Å²) < 4.78 is 0. The van der Waals surface area contributed by atoms with Crippen LogP contribution in [-0.2, 0) is 0 Å². The van der Waals surface area contributed by atoms with Gasteiger partial charge < -0.3 is 10.6 Å². The Balaban J connectivity index is 1.62. The van der Waals surface area contributed by atoms with Gasteiger partial charge >= 0.3 is 0 Å². The molecule has 7 heteroatoms. The summed E-state index contributed by atoms with van der Waals surface area (Å²) in [5, 5.41) is 12.7. The highest BCUT2D eigenvalue weighted by Gasteiger charge is 2.13. The quantitative estimate of drug-likeness (QED) is 0.428. The number of amides is 1. The van der Waals surface area contributed by atoms with Crippen LogP contribution in [-0.4, -0.2) is 21.1 Å². The molecule has 0 fully saturated rings. The third-order valence-corrected chi connectivity index (χ3v) is 5.15. The zero-order valence-corrected chi connectivity index (χ0v) is 18.1. The lowest BCUT2D eigenvalue weighted by molar-refractivity contribution is 0.102. The van der Waals surface area contributed by atoms with Crippen LogP contribution < -0.4 is 16.2 Å². The van der Waals surface area contributed by atoms with Gasteiger partial charge in [0.1, 0.15) is 11.5 Å². The third kappa shape index (κ3) is 4.57. The fourth-order valence-electron chi connectivity index (χ4n) is 3.26. The van der Waals surface area contributed by atoms with E-state index in [9.17, 15) is 9.59 Å². The van der Waals surface area contributed by atoms with E-state index < -0.39 is 0 Å². The molecule has 4 aromatic rings. The zero-order chi connectivity index (χ0) is 22.7. The number of hydrogen-bond donors (Lipinski definition) is 3. The maximum absolute atomic E-state index is 12.7. The first-order valence-electron chi connectivity index (χ1n) is 10.2. The average Bonchev–Trinajstić information content (AvgIpc) is 2.79. The van der Waals surface area contributed by atoms with E-state index in [0.29, 0.717) is 28.5 Å². The number of rotatable bonds is 5. The largest absolute Gasteiger partial charge is 0.336 e. The Labute approximate surface area is 185 Å². The lowest BCUT2D eigenvalue weighted by Crippen LogP contribution is -2.15. The van der Waals surface area contributed by atoms with Crippen LogP contribution in [0, 0.1) is 20.8 Å². The first-order chi connectivity index (χ1) is 15.4. The normalized spacial score (nSPS) is 10.6. The topological polar surface area (TPSA) is 99.8 Å². The SMILES string of the molecule is Cc1ccc(C(=O)Nc2cccc(-c3cc(Nc4ccc(C)cn4)c(=O)[nH]n3)c2C)cc1. The fourth-order valence-corrected chi connectivity index (χ4v) is 3.26. The Kier molecular flexibility index (Phi) is 5.81. The summed E-state index contributed by atoms with van der Waals surface area (Å²) in [6, 6.07) is 18.4. The molecular formula is C25H23N5O2. The van der Waals surface area contributed by atoms with Gasteiger partial charge in [0, 0.05) is 23.0 Å². The number of aryl methyl sites for hydroxylation is 2.